The molecule has 1 amide bonds. The highest BCUT2D eigenvalue weighted by molar-refractivity contribution is 5.95. The van der Waals surface area contributed by atoms with Gasteiger partial charge in [-0.15, -0.1) is 0 Å². The van der Waals surface area contributed by atoms with Crippen LogP contribution in [0.5, 0.6) is 0 Å². The number of hydrogen-bond acceptors (Lipinski definition) is 4. The Hall–Kier alpha value is -1.59. The van der Waals surface area contributed by atoms with Crippen molar-refractivity contribution < 1.29 is 14.4 Å². The van der Waals surface area contributed by atoms with Crippen molar-refractivity contribution >= 4 is 17.8 Å². The van der Waals surface area contributed by atoms with Crippen LogP contribution < -0.4 is 5.32 Å². The van der Waals surface area contributed by atoms with Crippen molar-refractivity contribution in [2.45, 2.75) is 90.9 Å². The largest absolute Gasteiger partial charge is 0.339 e. The van der Waals surface area contributed by atoms with Crippen LogP contribution in [0.15, 0.2) is 0 Å². The van der Waals surface area contributed by atoms with E-state index in [-0.39, 0.29) is 11.9 Å². The van der Waals surface area contributed by atoms with E-state index in [1.54, 1.807) is 0 Å². The first kappa shape index (κ1) is 22.4. The van der Waals surface area contributed by atoms with Gasteiger partial charge in [0.05, 0.1) is 0 Å². The lowest BCUT2D eigenvalue weighted by Crippen LogP contribution is -2.42. The summed E-state index contributed by atoms with van der Waals surface area (Å²) in [6, 6.07) is 0. The molecule has 6 nitrogen and oxygen atoms in total. The first-order valence-corrected chi connectivity index (χ1v) is 9.28. The number of guanidine groups is 1. The molecule has 0 saturated carbocycles. The summed E-state index contributed by atoms with van der Waals surface area (Å²) in [7, 11) is 1.41. The molecular formula is C18H35N3O3. The van der Waals surface area contributed by atoms with Gasteiger partial charge in [-0.3, -0.25) is 20.3 Å². The summed E-state index contributed by atoms with van der Waals surface area (Å²) < 4.78 is 0. The molecule has 0 aliphatic heterocycles. The van der Waals surface area contributed by atoms with Crippen LogP contribution in [0.2, 0.25) is 0 Å². The normalized spacial score (nSPS) is 10.3. The lowest BCUT2D eigenvalue weighted by molar-refractivity contribution is -0.166. The number of hydrogen-bond donors (Lipinski definition) is 2. The monoisotopic (exact) mass is 341 g/mol. The first-order chi connectivity index (χ1) is 11.5. The van der Waals surface area contributed by atoms with Crippen LogP contribution in [-0.2, 0) is 14.4 Å². The third-order valence-electron chi connectivity index (χ3n) is 3.85. The van der Waals surface area contributed by atoms with Gasteiger partial charge in [0.2, 0.25) is 11.9 Å². The highest BCUT2D eigenvalue weighted by Gasteiger charge is 2.11. The molecule has 0 aliphatic rings. The first-order valence-electron chi connectivity index (χ1n) is 9.28. The van der Waals surface area contributed by atoms with E-state index in [1.807, 2.05) is 0 Å². The molecule has 6 heteroatoms. The highest BCUT2D eigenvalue weighted by Crippen LogP contribution is 2.11. The second-order valence-corrected chi connectivity index (χ2v) is 6.26. The van der Waals surface area contributed by atoms with E-state index < -0.39 is 5.97 Å². The van der Waals surface area contributed by atoms with Crippen molar-refractivity contribution in [2.75, 3.05) is 7.05 Å². The van der Waals surface area contributed by atoms with E-state index in [2.05, 4.69) is 17.1 Å². The van der Waals surface area contributed by atoms with E-state index in [1.165, 1.54) is 65.3 Å². The molecule has 0 atom stereocenters. The molecule has 0 rings (SSSR count). The molecule has 0 spiro atoms. The van der Waals surface area contributed by atoms with E-state index in [9.17, 15) is 9.59 Å². The smallest absolute Gasteiger partial charge is 0.329 e. The Balaban J connectivity index is 3.46. The maximum Gasteiger partial charge on any atom is 0.329 e. The third-order valence-corrected chi connectivity index (χ3v) is 3.85. The van der Waals surface area contributed by atoms with Crippen LogP contribution in [0.1, 0.15) is 90.9 Å². The Bertz CT molecular complexity index is 373. The Kier molecular flexibility index (Phi) is 14.0. The van der Waals surface area contributed by atoms with Crippen LogP contribution in [-0.4, -0.2) is 29.9 Å². The van der Waals surface area contributed by atoms with Gasteiger partial charge in [-0.25, -0.2) is 0 Å². The molecule has 0 aromatic heterocycles. The minimum absolute atomic E-state index is 0.213. The minimum Gasteiger partial charge on any atom is -0.339 e. The molecule has 2 N–H and O–H groups in total. The predicted octanol–water partition coefficient (Wildman–Crippen LogP) is 4.15. The van der Waals surface area contributed by atoms with Gasteiger partial charge >= 0.3 is 5.97 Å². The molecule has 0 heterocycles. The summed E-state index contributed by atoms with van der Waals surface area (Å²) in [5.41, 5.74) is 0. The quantitative estimate of drug-likeness (QED) is 0.242. The van der Waals surface area contributed by atoms with Crippen molar-refractivity contribution in [3.8, 4) is 0 Å². The second-order valence-electron chi connectivity index (χ2n) is 6.26. The number of hydroxylamine groups is 2. The Morgan fingerprint density at radius 1 is 0.917 bits per heavy atom. The average Bonchev–Trinajstić information content (AvgIpc) is 2.51. The number of unbranched alkanes of at least 4 members (excludes halogenated alkanes) is 10. The van der Waals surface area contributed by atoms with E-state index in [0.29, 0.717) is 6.42 Å². The van der Waals surface area contributed by atoms with Gasteiger partial charge in [0.15, 0.2) is 0 Å². The maximum absolute atomic E-state index is 11.7. The highest BCUT2D eigenvalue weighted by atomic mass is 16.7. The SMILES string of the molecule is CCCCCCCCCCCCCC(=O)NC(=N)N(C)OC(C)=O. The van der Waals surface area contributed by atoms with Crippen LogP contribution >= 0.6 is 0 Å². The zero-order valence-electron chi connectivity index (χ0n) is 15.7. The molecule has 0 aliphatic carbocycles. The standard InChI is InChI=1S/C18H35N3O3/c1-4-5-6-7-8-9-10-11-12-13-14-15-17(23)20-18(19)21(3)24-16(2)22/h4-15H2,1-3H3,(H2,19,20,23). The average molecular weight is 341 g/mol. The summed E-state index contributed by atoms with van der Waals surface area (Å²) in [5.74, 6) is -0.963. The molecule has 0 bridgehead atoms. The Morgan fingerprint density at radius 2 is 1.38 bits per heavy atom. The van der Waals surface area contributed by atoms with Gasteiger partial charge in [0.25, 0.3) is 0 Å². The van der Waals surface area contributed by atoms with Crippen molar-refractivity contribution in [3.05, 3.63) is 0 Å². The summed E-state index contributed by atoms with van der Waals surface area (Å²) in [6.45, 7) is 3.48. The van der Waals surface area contributed by atoms with Gasteiger partial charge in [0, 0.05) is 20.4 Å². The lowest BCUT2D eigenvalue weighted by atomic mass is 10.1. The Labute approximate surface area is 146 Å². The van der Waals surface area contributed by atoms with Crippen LogP contribution in [0.3, 0.4) is 0 Å². The molecular weight excluding hydrogens is 306 g/mol. The summed E-state index contributed by atoms with van der Waals surface area (Å²) in [4.78, 5) is 27.1. The molecule has 0 aromatic carbocycles. The second kappa shape index (κ2) is 15.0. The third kappa shape index (κ3) is 14.0. The number of nitrogens with one attached hydrogen (secondary N) is 2. The number of rotatable bonds is 12. The lowest BCUT2D eigenvalue weighted by Gasteiger charge is -2.17. The molecule has 0 unspecified atom stereocenters. The number of carbonyl (C=O) groups excluding carboxylic acids is 2. The van der Waals surface area contributed by atoms with Crippen molar-refractivity contribution in [3.63, 3.8) is 0 Å². The summed E-state index contributed by atoms with van der Waals surface area (Å²) in [6.07, 6.45) is 14.0. The van der Waals surface area contributed by atoms with Crippen molar-refractivity contribution in [1.29, 1.82) is 5.41 Å². The van der Waals surface area contributed by atoms with Crippen LogP contribution in [0.25, 0.3) is 0 Å². The fourth-order valence-electron chi connectivity index (χ4n) is 2.46. The molecule has 140 valence electrons. The van der Waals surface area contributed by atoms with Gasteiger partial charge in [-0.1, -0.05) is 71.1 Å². The van der Waals surface area contributed by atoms with Gasteiger partial charge < -0.3 is 4.84 Å². The molecule has 24 heavy (non-hydrogen) atoms. The van der Waals surface area contributed by atoms with Gasteiger partial charge in [0.1, 0.15) is 0 Å². The van der Waals surface area contributed by atoms with Crippen molar-refractivity contribution in [1.82, 2.24) is 10.4 Å². The fourth-order valence-corrected chi connectivity index (χ4v) is 2.46. The number of nitrogens with zero attached hydrogens (tertiary/aromatic N) is 1. The van der Waals surface area contributed by atoms with Gasteiger partial charge in [-0.05, 0) is 6.42 Å². The molecule has 0 aromatic rings. The summed E-state index contributed by atoms with van der Waals surface area (Å²) >= 11 is 0. The van der Waals surface area contributed by atoms with E-state index in [4.69, 9.17) is 5.41 Å². The van der Waals surface area contributed by atoms with E-state index >= 15 is 0 Å². The molecule has 0 saturated heterocycles. The zero-order valence-corrected chi connectivity index (χ0v) is 15.7. The van der Waals surface area contributed by atoms with Crippen LogP contribution in [0.4, 0.5) is 0 Å². The number of carbonyl (C=O) groups is 2. The topological polar surface area (TPSA) is 82.5 Å². The number of amides is 1. The maximum atomic E-state index is 11.7. The minimum atomic E-state index is -0.526. The molecule has 0 radical (unpaired) electrons. The Morgan fingerprint density at radius 3 is 1.83 bits per heavy atom. The molecule has 0 fully saturated rings. The zero-order chi connectivity index (χ0) is 18.2. The fraction of sp³-hybridized carbons (Fsp3) is 0.833. The summed E-state index contributed by atoms with van der Waals surface area (Å²) in [5, 5.41) is 10.9. The van der Waals surface area contributed by atoms with Crippen molar-refractivity contribution in [2.24, 2.45) is 0 Å². The van der Waals surface area contributed by atoms with E-state index in [0.717, 1.165) is 24.3 Å². The van der Waals surface area contributed by atoms with Crippen LogP contribution in [0, 0.1) is 5.41 Å². The predicted molar refractivity (Wildman–Crippen MR) is 96.5 cm³/mol. The van der Waals surface area contributed by atoms with Gasteiger partial charge in [-0.2, -0.15) is 5.06 Å².